The summed E-state index contributed by atoms with van der Waals surface area (Å²) in [6, 6.07) is 17.0. The summed E-state index contributed by atoms with van der Waals surface area (Å²) in [5.74, 6) is -0.396. The first-order valence-electron chi connectivity index (χ1n) is 7.58. The smallest absolute Gasteiger partial charge is 0.338 e. The number of carbonyl (C=O) groups excluding carboxylic acids is 1. The molecule has 0 saturated carbocycles. The molecule has 0 bridgehead atoms. The Balaban J connectivity index is 2.12. The van der Waals surface area contributed by atoms with Crippen molar-refractivity contribution in [3.05, 3.63) is 69.7 Å². The molecule has 4 rings (SSSR count). The molecule has 0 amide bonds. The lowest BCUT2D eigenvalue weighted by molar-refractivity contribution is 0.0601. The van der Waals surface area contributed by atoms with Crippen LogP contribution in [0.15, 0.2) is 63.5 Å². The van der Waals surface area contributed by atoms with E-state index in [2.05, 4.69) is 15.9 Å². The Morgan fingerprint density at radius 3 is 2.64 bits per heavy atom. The highest BCUT2D eigenvalue weighted by atomic mass is 79.9. The molecular formula is C20H12BrClO3. The summed E-state index contributed by atoms with van der Waals surface area (Å²) in [4.78, 5) is 12.3. The molecule has 0 fully saturated rings. The van der Waals surface area contributed by atoms with Crippen molar-refractivity contribution in [3.8, 4) is 11.1 Å². The number of carbonyl (C=O) groups is 1. The largest absolute Gasteiger partial charge is 0.465 e. The fourth-order valence-corrected chi connectivity index (χ4v) is 3.61. The number of fused-ring (bicyclic) bond motifs is 3. The molecule has 4 aromatic rings. The SMILES string of the molecule is COC(=O)c1cc(Br)ccc1-c1ccc(Cl)c2oc3ccccc3c12. The van der Waals surface area contributed by atoms with Crippen molar-refractivity contribution in [2.45, 2.75) is 0 Å². The van der Waals surface area contributed by atoms with Gasteiger partial charge in [-0.1, -0.05) is 57.9 Å². The van der Waals surface area contributed by atoms with Crippen molar-refractivity contribution in [2.24, 2.45) is 0 Å². The van der Waals surface area contributed by atoms with Crippen molar-refractivity contribution >= 4 is 55.4 Å². The van der Waals surface area contributed by atoms with Crippen LogP contribution in [0.4, 0.5) is 0 Å². The van der Waals surface area contributed by atoms with Crippen LogP contribution in [0.25, 0.3) is 33.1 Å². The van der Waals surface area contributed by atoms with Crippen LogP contribution in [0, 0.1) is 0 Å². The minimum Gasteiger partial charge on any atom is -0.465 e. The second kappa shape index (κ2) is 6.21. The average molecular weight is 416 g/mol. The molecule has 1 heterocycles. The molecule has 124 valence electrons. The van der Waals surface area contributed by atoms with Gasteiger partial charge in [-0.3, -0.25) is 0 Å². The van der Waals surface area contributed by atoms with Crippen molar-refractivity contribution in [1.82, 2.24) is 0 Å². The van der Waals surface area contributed by atoms with Crippen LogP contribution in [0.5, 0.6) is 0 Å². The normalized spacial score (nSPS) is 11.2. The van der Waals surface area contributed by atoms with Gasteiger partial charge < -0.3 is 9.15 Å². The predicted octanol–water partition coefficient (Wildman–Crippen LogP) is 6.46. The molecule has 3 nitrogen and oxygen atoms in total. The molecule has 3 aromatic carbocycles. The van der Waals surface area contributed by atoms with E-state index in [4.69, 9.17) is 20.8 Å². The molecule has 0 atom stereocenters. The van der Waals surface area contributed by atoms with Crippen LogP contribution < -0.4 is 0 Å². The minimum atomic E-state index is -0.396. The lowest BCUT2D eigenvalue weighted by atomic mass is 9.95. The molecule has 25 heavy (non-hydrogen) atoms. The maximum Gasteiger partial charge on any atom is 0.338 e. The van der Waals surface area contributed by atoms with Crippen molar-refractivity contribution < 1.29 is 13.9 Å². The molecule has 5 heteroatoms. The number of hydrogen-bond acceptors (Lipinski definition) is 3. The number of halogens is 2. The van der Waals surface area contributed by atoms with E-state index >= 15 is 0 Å². The fourth-order valence-electron chi connectivity index (χ4n) is 3.05. The van der Waals surface area contributed by atoms with Gasteiger partial charge in [0.15, 0.2) is 5.58 Å². The third-order valence-corrected chi connectivity index (χ3v) is 4.95. The topological polar surface area (TPSA) is 39.4 Å². The van der Waals surface area contributed by atoms with Crippen LogP contribution in [-0.2, 0) is 4.74 Å². The number of rotatable bonds is 2. The van der Waals surface area contributed by atoms with Crippen LogP contribution in [0.2, 0.25) is 5.02 Å². The third-order valence-electron chi connectivity index (χ3n) is 4.16. The fraction of sp³-hybridized carbons (Fsp3) is 0.0500. The van der Waals surface area contributed by atoms with Crippen LogP contribution in [0.3, 0.4) is 0 Å². The van der Waals surface area contributed by atoms with E-state index in [1.165, 1.54) is 7.11 Å². The Bertz CT molecular complexity index is 1130. The van der Waals surface area contributed by atoms with Crippen molar-refractivity contribution in [1.29, 1.82) is 0 Å². The number of methoxy groups -OCH3 is 1. The standard InChI is InChI=1S/C20H12BrClO3/c1-24-20(23)15-10-11(21)6-7-12(15)13-8-9-16(22)19-18(13)14-4-2-3-5-17(14)25-19/h2-10H,1H3. The van der Waals surface area contributed by atoms with Gasteiger partial charge in [0.1, 0.15) is 5.58 Å². The maximum absolute atomic E-state index is 12.3. The van der Waals surface area contributed by atoms with Gasteiger partial charge in [-0.2, -0.15) is 0 Å². The average Bonchev–Trinajstić information content (AvgIpc) is 3.02. The van der Waals surface area contributed by atoms with Crippen LogP contribution >= 0.6 is 27.5 Å². The Hall–Kier alpha value is -2.30. The highest BCUT2D eigenvalue weighted by molar-refractivity contribution is 9.10. The first kappa shape index (κ1) is 16.2. The van der Waals surface area contributed by atoms with Crippen LogP contribution in [-0.4, -0.2) is 13.1 Å². The summed E-state index contributed by atoms with van der Waals surface area (Å²) in [6.07, 6.45) is 0. The Morgan fingerprint density at radius 2 is 1.84 bits per heavy atom. The molecule has 0 aliphatic heterocycles. The molecule has 0 unspecified atom stereocenters. The highest BCUT2D eigenvalue weighted by Crippen LogP contribution is 2.41. The summed E-state index contributed by atoms with van der Waals surface area (Å²) in [5.41, 5.74) is 3.48. The summed E-state index contributed by atoms with van der Waals surface area (Å²) in [7, 11) is 1.37. The molecule has 0 N–H and O–H groups in total. The molecule has 0 aliphatic rings. The second-order valence-electron chi connectivity index (χ2n) is 5.58. The molecule has 0 radical (unpaired) electrons. The van der Waals surface area contributed by atoms with Gasteiger partial charge in [0.2, 0.25) is 0 Å². The van der Waals surface area contributed by atoms with E-state index in [1.54, 1.807) is 12.1 Å². The number of para-hydroxylation sites is 1. The second-order valence-corrected chi connectivity index (χ2v) is 6.90. The monoisotopic (exact) mass is 414 g/mol. The van der Waals surface area contributed by atoms with Gasteiger partial charge in [0, 0.05) is 15.2 Å². The molecule has 0 saturated heterocycles. The summed E-state index contributed by atoms with van der Waals surface area (Å²) in [5, 5.41) is 2.37. The predicted molar refractivity (Wildman–Crippen MR) is 103 cm³/mol. The van der Waals surface area contributed by atoms with E-state index in [1.807, 2.05) is 42.5 Å². The molecule has 1 aromatic heterocycles. The molecule has 0 spiro atoms. The lowest BCUT2D eigenvalue weighted by Gasteiger charge is -2.10. The first-order valence-corrected chi connectivity index (χ1v) is 8.75. The summed E-state index contributed by atoms with van der Waals surface area (Å²) in [6.45, 7) is 0. The number of furan rings is 1. The van der Waals surface area contributed by atoms with Gasteiger partial charge >= 0.3 is 5.97 Å². The zero-order valence-electron chi connectivity index (χ0n) is 13.2. The Morgan fingerprint density at radius 1 is 1.08 bits per heavy atom. The van der Waals surface area contributed by atoms with E-state index in [-0.39, 0.29) is 0 Å². The maximum atomic E-state index is 12.3. The lowest BCUT2D eigenvalue weighted by Crippen LogP contribution is -2.03. The van der Waals surface area contributed by atoms with Gasteiger partial charge in [-0.25, -0.2) is 4.79 Å². The number of benzene rings is 3. The van der Waals surface area contributed by atoms with Crippen molar-refractivity contribution in [2.75, 3.05) is 7.11 Å². The minimum absolute atomic E-state index is 0.396. The Kier molecular flexibility index (Phi) is 4.02. The zero-order valence-corrected chi connectivity index (χ0v) is 15.5. The third kappa shape index (κ3) is 2.62. The summed E-state index contributed by atoms with van der Waals surface area (Å²) < 4.78 is 11.7. The zero-order chi connectivity index (χ0) is 17.6. The molecular weight excluding hydrogens is 404 g/mol. The number of hydrogen-bond donors (Lipinski definition) is 0. The van der Waals surface area contributed by atoms with E-state index in [0.29, 0.717) is 16.2 Å². The van der Waals surface area contributed by atoms with E-state index in [0.717, 1.165) is 32.0 Å². The Labute approximate surface area is 157 Å². The number of ether oxygens (including phenoxy) is 1. The summed E-state index contributed by atoms with van der Waals surface area (Å²) >= 11 is 9.76. The van der Waals surface area contributed by atoms with Gasteiger partial charge in [-0.05, 0) is 35.4 Å². The van der Waals surface area contributed by atoms with Gasteiger partial charge in [0.05, 0.1) is 17.7 Å². The first-order chi connectivity index (χ1) is 12.1. The number of esters is 1. The van der Waals surface area contributed by atoms with Gasteiger partial charge in [0.25, 0.3) is 0 Å². The van der Waals surface area contributed by atoms with Gasteiger partial charge in [-0.15, -0.1) is 0 Å². The molecule has 0 aliphatic carbocycles. The van der Waals surface area contributed by atoms with E-state index in [9.17, 15) is 4.79 Å². The highest BCUT2D eigenvalue weighted by Gasteiger charge is 2.20. The van der Waals surface area contributed by atoms with Crippen molar-refractivity contribution in [3.63, 3.8) is 0 Å². The van der Waals surface area contributed by atoms with Crippen LogP contribution in [0.1, 0.15) is 10.4 Å². The van der Waals surface area contributed by atoms with E-state index < -0.39 is 5.97 Å². The quantitative estimate of drug-likeness (QED) is 0.353.